The van der Waals surface area contributed by atoms with Gasteiger partial charge in [-0.3, -0.25) is 4.57 Å². The molecule has 1 heterocycles. The highest BCUT2D eigenvalue weighted by atomic mass is 16.2. The quantitative estimate of drug-likeness (QED) is 0.591. The summed E-state index contributed by atoms with van der Waals surface area (Å²) in [6, 6.07) is 5.73. The molecule has 4 nitrogen and oxygen atoms in total. The van der Waals surface area contributed by atoms with E-state index in [2.05, 4.69) is 0 Å². The summed E-state index contributed by atoms with van der Waals surface area (Å²) in [7, 11) is 1.72. The van der Waals surface area contributed by atoms with E-state index in [1.54, 1.807) is 11.6 Å². The maximum Gasteiger partial charge on any atom is 0.347 e. The van der Waals surface area contributed by atoms with Crippen LogP contribution >= 0.6 is 0 Å². The number of benzene rings is 1. The van der Waals surface area contributed by atoms with E-state index in [0.29, 0.717) is 0 Å². The second-order valence-corrected chi connectivity index (χ2v) is 3.15. The Morgan fingerprint density at radius 2 is 2.08 bits per heavy atom. The van der Waals surface area contributed by atoms with Crippen molar-refractivity contribution >= 4 is 11.0 Å². The minimum Gasteiger partial charge on any atom is -0.335 e. The van der Waals surface area contributed by atoms with Gasteiger partial charge in [0.25, 0.3) is 0 Å². The fourth-order valence-electron chi connectivity index (χ4n) is 1.59. The molecule has 13 heavy (non-hydrogen) atoms. The zero-order chi connectivity index (χ0) is 9.59. The monoisotopic (exact) mass is 177 g/mol. The van der Waals surface area contributed by atoms with Gasteiger partial charge in [0.2, 0.25) is 0 Å². The zero-order valence-electron chi connectivity index (χ0n) is 7.61. The molecule has 1 aromatic heterocycles. The molecule has 2 aromatic rings. The van der Waals surface area contributed by atoms with E-state index >= 15 is 0 Å². The Balaban J connectivity index is 3.12. The van der Waals surface area contributed by atoms with Crippen LogP contribution in [0.4, 0.5) is 0 Å². The van der Waals surface area contributed by atoms with Gasteiger partial charge in [-0.25, -0.2) is 9.47 Å². The third-order valence-corrected chi connectivity index (χ3v) is 2.31. The van der Waals surface area contributed by atoms with Crippen LogP contribution in [0.3, 0.4) is 0 Å². The highest BCUT2D eigenvalue weighted by molar-refractivity contribution is 5.79. The largest absolute Gasteiger partial charge is 0.347 e. The molecule has 1 aromatic carbocycles. The summed E-state index contributed by atoms with van der Waals surface area (Å²) in [6.07, 6.45) is 0. The van der Waals surface area contributed by atoms with Gasteiger partial charge >= 0.3 is 5.69 Å². The average Bonchev–Trinajstić information content (AvgIpc) is 2.33. The zero-order valence-corrected chi connectivity index (χ0v) is 7.61. The van der Waals surface area contributed by atoms with Crippen molar-refractivity contribution in [2.45, 2.75) is 6.92 Å². The average molecular weight is 177 g/mol. The number of fused-ring (bicyclic) bond motifs is 1. The van der Waals surface area contributed by atoms with Crippen molar-refractivity contribution in [1.29, 1.82) is 0 Å². The number of nitrogen functional groups attached to an aromatic ring is 1. The Labute approximate surface area is 75.2 Å². The van der Waals surface area contributed by atoms with Crippen LogP contribution in [0.25, 0.3) is 11.0 Å². The molecule has 0 atom stereocenters. The standard InChI is InChI=1S/C9H11N3O/c1-6-4-3-5-7-8(6)12(10)9(13)11(7)2/h3-5H,10H2,1-2H3. The molecule has 2 N–H and O–H groups in total. The van der Waals surface area contributed by atoms with Gasteiger partial charge in [0.15, 0.2) is 0 Å². The lowest BCUT2D eigenvalue weighted by Crippen LogP contribution is -2.28. The molecule has 0 radical (unpaired) electrons. The van der Waals surface area contributed by atoms with Crippen LogP contribution in [0.1, 0.15) is 5.56 Å². The van der Waals surface area contributed by atoms with E-state index in [-0.39, 0.29) is 5.69 Å². The Morgan fingerprint density at radius 1 is 1.38 bits per heavy atom. The molecule has 0 saturated carbocycles. The second kappa shape index (κ2) is 2.39. The van der Waals surface area contributed by atoms with Gasteiger partial charge in [0.05, 0.1) is 11.0 Å². The third kappa shape index (κ3) is 0.884. The van der Waals surface area contributed by atoms with Crippen LogP contribution < -0.4 is 11.5 Å². The number of nitrogens with zero attached hydrogens (tertiary/aromatic N) is 2. The Hall–Kier alpha value is -1.71. The number of aromatic nitrogens is 2. The van der Waals surface area contributed by atoms with E-state index < -0.39 is 0 Å². The van der Waals surface area contributed by atoms with Gasteiger partial charge in [-0.1, -0.05) is 12.1 Å². The smallest absolute Gasteiger partial charge is 0.335 e. The summed E-state index contributed by atoms with van der Waals surface area (Å²) in [5.74, 6) is 5.62. The SMILES string of the molecule is Cc1cccc2c1n(N)c(=O)n2C. The molecule has 0 aliphatic heterocycles. The van der Waals surface area contributed by atoms with Gasteiger partial charge in [0.1, 0.15) is 0 Å². The predicted octanol–water partition coefficient (Wildman–Crippen LogP) is 0.362. The van der Waals surface area contributed by atoms with Crippen LogP contribution in [0, 0.1) is 6.92 Å². The number of aryl methyl sites for hydroxylation is 2. The van der Waals surface area contributed by atoms with Gasteiger partial charge in [-0.05, 0) is 18.6 Å². The minimum absolute atomic E-state index is 0.190. The van der Waals surface area contributed by atoms with E-state index in [9.17, 15) is 4.79 Å². The minimum atomic E-state index is -0.190. The molecule has 0 fully saturated rings. The normalized spacial score (nSPS) is 10.9. The van der Waals surface area contributed by atoms with Crippen LogP contribution in [0.2, 0.25) is 0 Å². The van der Waals surface area contributed by atoms with E-state index in [4.69, 9.17) is 5.84 Å². The molecule has 0 bridgehead atoms. The lowest BCUT2D eigenvalue weighted by atomic mass is 10.2. The van der Waals surface area contributed by atoms with E-state index in [1.165, 1.54) is 4.68 Å². The van der Waals surface area contributed by atoms with Crippen LogP contribution in [0.5, 0.6) is 0 Å². The first-order valence-electron chi connectivity index (χ1n) is 4.05. The highest BCUT2D eigenvalue weighted by Crippen LogP contribution is 2.14. The molecule has 0 spiro atoms. The maximum atomic E-state index is 11.4. The molecule has 0 aliphatic rings. The summed E-state index contributed by atoms with van der Waals surface area (Å²) in [5.41, 5.74) is 2.49. The molecular weight excluding hydrogens is 166 g/mol. The van der Waals surface area contributed by atoms with Crippen LogP contribution in [-0.2, 0) is 7.05 Å². The molecule has 0 saturated heterocycles. The predicted molar refractivity (Wildman–Crippen MR) is 52.1 cm³/mol. The van der Waals surface area contributed by atoms with Crippen molar-refractivity contribution < 1.29 is 0 Å². The lowest BCUT2D eigenvalue weighted by Gasteiger charge is -1.97. The topological polar surface area (TPSA) is 52.9 Å². The number of imidazole rings is 1. The van der Waals surface area contributed by atoms with Crippen LogP contribution in [-0.4, -0.2) is 9.24 Å². The fourth-order valence-corrected chi connectivity index (χ4v) is 1.59. The molecule has 0 amide bonds. The van der Waals surface area contributed by atoms with Crippen molar-refractivity contribution in [3.8, 4) is 0 Å². The summed E-state index contributed by atoms with van der Waals surface area (Å²) < 4.78 is 2.73. The number of para-hydroxylation sites is 1. The van der Waals surface area contributed by atoms with Gasteiger partial charge in [-0.15, -0.1) is 0 Å². The first-order chi connectivity index (χ1) is 6.13. The van der Waals surface area contributed by atoms with Crippen molar-refractivity contribution in [2.75, 3.05) is 5.84 Å². The van der Waals surface area contributed by atoms with Gasteiger partial charge in [-0.2, -0.15) is 0 Å². The van der Waals surface area contributed by atoms with Crippen molar-refractivity contribution in [2.24, 2.45) is 7.05 Å². The van der Waals surface area contributed by atoms with Gasteiger partial charge in [0, 0.05) is 7.05 Å². The molecule has 0 unspecified atom stereocenters. The van der Waals surface area contributed by atoms with E-state index in [0.717, 1.165) is 16.6 Å². The first kappa shape index (κ1) is 7.91. The second-order valence-electron chi connectivity index (χ2n) is 3.15. The number of hydrogen-bond donors (Lipinski definition) is 1. The third-order valence-electron chi connectivity index (χ3n) is 2.31. The van der Waals surface area contributed by atoms with Crippen LogP contribution in [0.15, 0.2) is 23.0 Å². The first-order valence-corrected chi connectivity index (χ1v) is 4.05. The lowest BCUT2D eigenvalue weighted by molar-refractivity contribution is 0.827. The molecule has 4 heteroatoms. The summed E-state index contributed by atoms with van der Waals surface area (Å²) in [5, 5.41) is 0. The van der Waals surface area contributed by atoms with E-state index in [1.807, 2.05) is 25.1 Å². The summed E-state index contributed by atoms with van der Waals surface area (Å²) in [4.78, 5) is 11.4. The Kier molecular flexibility index (Phi) is 1.45. The number of hydrogen-bond acceptors (Lipinski definition) is 2. The fraction of sp³-hybridized carbons (Fsp3) is 0.222. The maximum absolute atomic E-state index is 11.4. The Morgan fingerprint density at radius 3 is 2.69 bits per heavy atom. The van der Waals surface area contributed by atoms with Crippen molar-refractivity contribution in [1.82, 2.24) is 9.24 Å². The Bertz CT molecular complexity index is 521. The summed E-state index contributed by atoms with van der Waals surface area (Å²) >= 11 is 0. The van der Waals surface area contributed by atoms with Crippen molar-refractivity contribution in [3.05, 3.63) is 34.2 Å². The van der Waals surface area contributed by atoms with Gasteiger partial charge < -0.3 is 5.84 Å². The molecule has 2 rings (SSSR count). The number of nitrogens with two attached hydrogens (primary N) is 1. The molecule has 0 aliphatic carbocycles. The summed E-state index contributed by atoms with van der Waals surface area (Å²) in [6.45, 7) is 1.94. The molecule has 68 valence electrons. The number of rotatable bonds is 0. The molecular formula is C9H11N3O. The van der Waals surface area contributed by atoms with Crippen molar-refractivity contribution in [3.63, 3.8) is 0 Å². The highest BCUT2D eigenvalue weighted by Gasteiger charge is 2.08.